The number of aryl methyl sites for hydroxylation is 2. The molecule has 2 aromatic carbocycles. The van der Waals surface area contributed by atoms with Crippen LogP contribution in [0.2, 0.25) is 0 Å². The van der Waals surface area contributed by atoms with Gasteiger partial charge in [-0.05, 0) is 73.6 Å². The number of nitrogens with one attached hydrogen (secondary N) is 2. The SMILES string of the molecule is O=C(COC(=O)c1ccc2[nH]c3c(c2c1)CCCC3)NCCc1ccc(F)cc1. The third-order valence-corrected chi connectivity index (χ3v) is 5.32. The van der Waals surface area contributed by atoms with Gasteiger partial charge >= 0.3 is 5.97 Å². The lowest BCUT2D eigenvalue weighted by atomic mass is 9.95. The van der Waals surface area contributed by atoms with Gasteiger partial charge < -0.3 is 15.0 Å². The number of hydrogen-bond acceptors (Lipinski definition) is 3. The topological polar surface area (TPSA) is 71.2 Å². The van der Waals surface area contributed by atoms with E-state index in [0.29, 0.717) is 18.5 Å². The van der Waals surface area contributed by atoms with E-state index in [-0.39, 0.29) is 18.3 Å². The fourth-order valence-corrected chi connectivity index (χ4v) is 3.80. The second-order valence-corrected chi connectivity index (χ2v) is 7.35. The molecular weight excluding hydrogens is 371 g/mol. The highest BCUT2D eigenvalue weighted by Crippen LogP contribution is 2.29. The van der Waals surface area contributed by atoms with Gasteiger partial charge in [0.15, 0.2) is 6.61 Å². The van der Waals surface area contributed by atoms with Crippen LogP contribution in [0.5, 0.6) is 0 Å². The van der Waals surface area contributed by atoms with Crippen LogP contribution in [-0.2, 0) is 28.8 Å². The van der Waals surface area contributed by atoms with Crippen LogP contribution in [0.4, 0.5) is 4.39 Å². The average molecular weight is 394 g/mol. The minimum absolute atomic E-state index is 0.289. The lowest BCUT2D eigenvalue weighted by molar-refractivity contribution is -0.124. The number of carbonyl (C=O) groups excluding carboxylic acids is 2. The number of hydrogen-bond donors (Lipinski definition) is 2. The van der Waals surface area contributed by atoms with E-state index in [9.17, 15) is 14.0 Å². The Morgan fingerprint density at radius 3 is 2.69 bits per heavy atom. The van der Waals surface area contributed by atoms with Gasteiger partial charge in [-0.3, -0.25) is 4.79 Å². The molecule has 4 rings (SSSR count). The smallest absolute Gasteiger partial charge is 0.338 e. The largest absolute Gasteiger partial charge is 0.452 e. The first-order valence-corrected chi connectivity index (χ1v) is 9.92. The lowest BCUT2D eigenvalue weighted by Crippen LogP contribution is -2.30. The maximum Gasteiger partial charge on any atom is 0.338 e. The Hall–Kier alpha value is -3.15. The summed E-state index contributed by atoms with van der Waals surface area (Å²) in [6, 6.07) is 11.6. The quantitative estimate of drug-likeness (QED) is 0.626. The van der Waals surface area contributed by atoms with E-state index in [2.05, 4.69) is 10.3 Å². The molecule has 150 valence electrons. The van der Waals surface area contributed by atoms with Crippen LogP contribution in [0, 0.1) is 5.82 Å². The molecule has 1 aliphatic carbocycles. The fraction of sp³-hybridized carbons (Fsp3) is 0.304. The summed E-state index contributed by atoms with van der Waals surface area (Å²) < 4.78 is 18.1. The maximum atomic E-state index is 12.9. The average Bonchev–Trinajstić information content (AvgIpc) is 3.11. The summed E-state index contributed by atoms with van der Waals surface area (Å²) in [6.45, 7) is 0.0645. The van der Waals surface area contributed by atoms with Crippen molar-refractivity contribution >= 4 is 22.8 Å². The molecule has 0 radical (unpaired) electrons. The van der Waals surface area contributed by atoms with Gasteiger partial charge in [-0.2, -0.15) is 0 Å². The second kappa shape index (κ2) is 8.47. The van der Waals surface area contributed by atoms with Gasteiger partial charge in [-0.1, -0.05) is 12.1 Å². The summed E-state index contributed by atoms with van der Waals surface area (Å²) in [5.74, 6) is -1.16. The molecule has 0 unspecified atom stereocenters. The predicted octanol–water partition coefficient (Wildman–Crippen LogP) is 3.70. The van der Waals surface area contributed by atoms with Crippen molar-refractivity contribution in [3.05, 3.63) is 70.7 Å². The molecule has 1 amide bonds. The molecule has 0 spiro atoms. The monoisotopic (exact) mass is 394 g/mol. The highest BCUT2D eigenvalue weighted by molar-refractivity contribution is 5.97. The Bertz CT molecular complexity index is 1040. The van der Waals surface area contributed by atoms with Crippen molar-refractivity contribution in [3.63, 3.8) is 0 Å². The summed E-state index contributed by atoms with van der Waals surface area (Å²) in [5, 5.41) is 3.77. The molecule has 1 aromatic heterocycles. The van der Waals surface area contributed by atoms with Crippen LogP contribution >= 0.6 is 0 Å². The van der Waals surface area contributed by atoms with Gasteiger partial charge in [0.1, 0.15) is 5.82 Å². The van der Waals surface area contributed by atoms with Crippen LogP contribution in [0.25, 0.3) is 10.9 Å². The maximum absolute atomic E-state index is 12.9. The highest BCUT2D eigenvalue weighted by Gasteiger charge is 2.17. The number of amides is 1. The fourth-order valence-electron chi connectivity index (χ4n) is 3.80. The van der Waals surface area contributed by atoms with Crippen LogP contribution in [0.3, 0.4) is 0 Å². The molecular formula is C23H23FN2O3. The molecule has 0 bridgehead atoms. The van der Waals surface area contributed by atoms with Gasteiger partial charge in [0.05, 0.1) is 5.56 Å². The number of esters is 1. The first-order chi connectivity index (χ1) is 14.1. The number of carbonyl (C=O) groups is 2. The second-order valence-electron chi connectivity index (χ2n) is 7.35. The summed E-state index contributed by atoms with van der Waals surface area (Å²) in [7, 11) is 0. The number of ether oxygens (including phenoxy) is 1. The van der Waals surface area contributed by atoms with E-state index in [1.54, 1.807) is 18.2 Å². The van der Waals surface area contributed by atoms with Gasteiger partial charge in [0.25, 0.3) is 5.91 Å². The number of benzene rings is 2. The minimum Gasteiger partial charge on any atom is -0.452 e. The number of aromatic nitrogens is 1. The van der Waals surface area contributed by atoms with E-state index in [4.69, 9.17) is 4.74 Å². The van der Waals surface area contributed by atoms with Crippen molar-refractivity contribution < 1.29 is 18.7 Å². The number of rotatable bonds is 6. The summed E-state index contributed by atoms with van der Waals surface area (Å²) in [4.78, 5) is 27.7. The van der Waals surface area contributed by atoms with Crippen LogP contribution in [0.15, 0.2) is 42.5 Å². The number of halogens is 1. The first-order valence-electron chi connectivity index (χ1n) is 9.92. The molecule has 0 saturated carbocycles. The molecule has 6 heteroatoms. The molecule has 0 saturated heterocycles. The lowest BCUT2D eigenvalue weighted by Gasteiger charge is -2.10. The predicted molar refractivity (Wildman–Crippen MR) is 108 cm³/mol. The summed E-state index contributed by atoms with van der Waals surface area (Å²) in [5.41, 5.74) is 4.96. The number of aromatic amines is 1. The van der Waals surface area contributed by atoms with Gasteiger partial charge in [-0.15, -0.1) is 0 Å². The van der Waals surface area contributed by atoms with Crippen molar-refractivity contribution in [1.29, 1.82) is 0 Å². The molecule has 1 aliphatic rings. The molecule has 0 fully saturated rings. The van der Waals surface area contributed by atoms with E-state index >= 15 is 0 Å². The van der Waals surface area contributed by atoms with Crippen molar-refractivity contribution in [2.24, 2.45) is 0 Å². The number of fused-ring (bicyclic) bond motifs is 3. The molecule has 0 atom stereocenters. The summed E-state index contributed by atoms with van der Waals surface area (Å²) in [6.07, 6.45) is 4.99. The molecule has 2 N–H and O–H groups in total. The Kier molecular flexibility index (Phi) is 5.60. The van der Waals surface area contributed by atoms with Crippen LogP contribution < -0.4 is 5.32 Å². The molecule has 5 nitrogen and oxygen atoms in total. The summed E-state index contributed by atoms with van der Waals surface area (Å²) >= 11 is 0. The zero-order valence-electron chi connectivity index (χ0n) is 16.1. The molecule has 3 aromatic rings. The van der Waals surface area contributed by atoms with Crippen LogP contribution in [-0.4, -0.2) is 30.0 Å². The Morgan fingerprint density at radius 2 is 1.86 bits per heavy atom. The normalized spacial score (nSPS) is 13.1. The van der Waals surface area contributed by atoms with E-state index < -0.39 is 5.97 Å². The third kappa shape index (κ3) is 4.47. The standard InChI is InChI=1S/C23H23FN2O3/c24-17-8-5-15(6-9-17)11-12-25-22(27)14-29-23(28)16-7-10-21-19(13-16)18-3-1-2-4-20(18)26-21/h5-10,13,26H,1-4,11-12,14H2,(H,25,27). The van der Waals surface area contributed by atoms with E-state index in [1.807, 2.05) is 12.1 Å². The first kappa shape index (κ1) is 19.2. The minimum atomic E-state index is -0.508. The molecule has 0 aliphatic heterocycles. The van der Waals surface area contributed by atoms with E-state index in [0.717, 1.165) is 35.7 Å². The van der Waals surface area contributed by atoms with Gasteiger partial charge in [-0.25, -0.2) is 9.18 Å². The van der Waals surface area contributed by atoms with Crippen molar-refractivity contribution in [2.75, 3.05) is 13.2 Å². The number of H-pyrrole nitrogens is 1. The van der Waals surface area contributed by atoms with Crippen molar-refractivity contribution in [2.45, 2.75) is 32.1 Å². The van der Waals surface area contributed by atoms with Gasteiger partial charge in [0.2, 0.25) is 0 Å². The zero-order chi connectivity index (χ0) is 20.2. The molecule has 1 heterocycles. The van der Waals surface area contributed by atoms with E-state index in [1.165, 1.54) is 29.8 Å². The zero-order valence-corrected chi connectivity index (χ0v) is 16.1. The highest BCUT2D eigenvalue weighted by atomic mass is 19.1. The van der Waals surface area contributed by atoms with Gasteiger partial charge in [0, 0.05) is 23.1 Å². The van der Waals surface area contributed by atoms with Crippen molar-refractivity contribution in [1.82, 2.24) is 10.3 Å². The Morgan fingerprint density at radius 1 is 1.07 bits per heavy atom. The third-order valence-electron chi connectivity index (χ3n) is 5.32. The Labute approximate surface area is 168 Å². The molecule has 29 heavy (non-hydrogen) atoms. The van der Waals surface area contributed by atoms with Crippen molar-refractivity contribution in [3.8, 4) is 0 Å². The van der Waals surface area contributed by atoms with Crippen LogP contribution in [0.1, 0.15) is 40.0 Å². The Balaban J connectivity index is 1.29.